The molecule has 1 atom stereocenters. The molecule has 1 unspecified atom stereocenters. The van der Waals surface area contributed by atoms with Crippen LogP contribution in [-0.4, -0.2) is 20.2 Å². The number of hydrogen-bond donors (Lipinski definition) is 2. The van der Waals surface area contributed by atoms with Crippen LogP contribution in [0.1, 0.15) is 31.5 Å². The average Bonchev–Trinajstić information content (AvgIpc) is 2.80. The smallest absolute Gasteiger partial charge is 0.332 e. The summed E-state index contributed by atoms with van der Waals surface area (Å²) >= 11 is 0. The fourth-order valence-electron chi connectivity index (χ4n) is 1.99. The molecule has 1 heterocycles. The van der Waals surface area contributed by atoms with E-state index in [1.54, 1.807) is 41.2 Å². The Morgan fingerprint density at radius 2 is 2.00 bits per heavy atom. The largest absolute Gasteiger partial charge is 0.480 e. The van der Waals surface area contributed by atoms with Crippen LogP contribution in [0, 0.1) is 0 Å². The summed E-state index contributed by atoms with van der Waals surface area (Å²) in [5.74, 6) is -1.10. The summed E-state index contributed by atoms with van der Waals surface area (Å²) in [4.78, 5) is 23.1. The molecular weight excluding hydrogens is 258 g/mol. The monoisotopic (exact) mass is 275 g/mol. The Hall–Kier alpha value is -2.34. The van der Waals surface area contributed by atoms with Crippen LogP contribution >= 0.6 is 0 Å². The van der Waals surface area contributed by atoms with Crippen molar-refractivity contribution in [1.82, 2.24) is 9.13 Å². The summed E-state index contributed by atoms with van der Waals surface area (Å²) in [7, 11) is 0. The maximum absolute atomic E-state index is 12.2. The maximum Gasteiger partial charge on any atom is 0.332 e. The molecule has 3 N–H and O–H groups in total. The van der Waals surface area contributed by atoms with Crippen LogP contribution in [0.3, 0.4) is 0 Å². The van der Waals surface area contributed by atoms with Gasteiger partial charge in [-0.2, -0.15) is 0 Å². The number of carboxylic acid groups (broad SMARTS) is 1. The zero-order chi connectivity index (χ0) is 14.9. The van der Waals surface area contributed by atoms with Crippen molar-refractivity contribution in [2.24, 2.45) is 5.73 Å². The molecule has 0 saturated carbocycles. The van der Waals surface area contributed by atoms with Gasteiger partial charge in [-0.25, -0.2) is 4.79 Å². The van der Waals surface area contributed by atoms with E-state index in [0.29, 0.717) is 11.3 Å². The van der Waals surface area contributed by atoms with Gasteiger partial charge in [0.15, 0.2) is 0 Å². The van der Waals surface area contributed by atoms with E-state index in [1.807, 2.05) is 13.8 Å². The number of hydrogen-bond acceptors (Lipinski definition) is 3. The van der Waals surface area contributed by atoms with Crippen LogP contribution in [-0.2, 0) is 4.79 Å². The molecule has 0 fully saturated rings. The molecule has 0 spiro atoms. The summed E-state index contributed by atoms with van der Waals surface area (Å²) in [6.45, 7) is 3.84. The third-order valence-corrected chi connectivity index (χ3v) is 3.13. The highest BCUT2D eigenvalue weighted by molar-refractivity contribution is 5.75. The van der Waals surface area contributed by atoms with Gasteiger partial charge in [-0.1, -0.05) is 12.1 Å². The second-order valence-corrected chi connectivity index (χ2v) is 4.86. The van der Waals surface area contributed by atoms with Crippen LogP contribution in [0.15, 0.2) is 41.5 Å². The maximum atomic E-state index is 12.2. The Morgan fingerprint density at radius 3 is 2.55 bits per heavy atom. The van der Waals surface area contributed by atoms with Gasteiger partial charge in [-0.3, -0.25) is 13.9 Å². The average molecular weight is 275 g/mol. The summed E-state index contributed by atoms with van der Waals surface area (Å²) in [6.07, 6.45) is 3.37. The standard InChI is InChI=1S/C14H17N3O3/c1-9(2)16-6-7-17(14(16)20)11-5-3-4-10(8-11)12(15)13(18)19/h3-9,12H,15H2,1-2H3,(H,18,19). The summed E-state index contributed by atoms with van der Waals surface area (Å²) < 4.78 is 3.07. The number of aromatic nitrogens is 2. The van der Waals surface area contributed by atoms with Crippen molar-refractivity contribution in [3.05, 3.63) is 52.7 Å². The van der Waals surface area contributed by atoms with Gasteiger partial charge in [0.2, 0.25) is 0 Å². The molecule has 6 heteroatoms. The Labute approximate surface area is 116 Å². The molecule has 1 aromatic carbocycles. The van der Waals surface area contributed by atoms with Crippen molar-refractivity contribution in [2.45, 2.75) is 25.9 Å². The SMILES string of the molecule is CC(C)n1ccn(-c2cccc(C(N)C(=O)O)c2)c1=O. The van der Waals surface area contributed by atoms with Crippen LogP contribution in [0.2, 0.25) is 0 Å². The van der Waals surface area contributed by atoms with Crippen molar-refractivity contribution >= 4 is 5.97 Å². The fourth-order valence-corrected chi connectivity index (χ4v) is 1.99. The number of carboxylic acids is 1. The minimum atomic E-state index is -1.10. The van der Waals surface area contributed by atoms with Gasteiger partial charge in [-0.05, 0) is 31.5 Å². The molecule has 0 aliphatic heterocycles. The lowest BCUT2D eigenvalue weighted by Crippen LogP contribution is -2.25. The number of benzene rings is 1. The first-order valence-electron chi connectivity index (χ1n) is 6.30. The molecule has 0 amide bonds. The number of aliphatic carboxylic acids is 1. The highest BCUT2D eigenvalue weighted by Gasteiger charge is 2.15. The van der Waals surface area contributed by atoms with Crippen molar-refractivity contribution < 1.29 is 9.90 Å². The first kappa shape index (κ1) is 14.1. The summed E-state index contributed by atoms with van der Waals surface area (Å²) in [5.41, 5.74) is 6.48. The van der Waals surface area contributed by atoms with Crippen molar-refractivity contribution in [1.29, 1.82) is 0 Å². The first-order chi connectivity index (χ1) is 9.41. The highest BCUT2D eigenvalue weighted by atomic mass is 16.4. The zero-order valence-corrected chi connectivity index (χ0v) is 11.4. The Kier molecular flexibility index (Phi) is 3.76. The van der Waals surface area contributed by atoms with Gasteiger partial charge in [0.1, 0.15) is 6.04 Å². The van der Waals surface area contributed by atoms with E-state index in [9.17, 15) is 9.59 Å². The quantitative estimate of drug-likeness (QED) is 0.880. The molecule has 0 radical (unpaired) electrons. The first-order valence-corrected chi connectivity index (χ1v) is 6.30. The number of nitrogens with zero attached hydrogens (tertiary/aromatic N) is 2. The van der Waals surface area contributed by atoms with E-state index in [0.717, 1.165) is 0 Å². The highest BCUT2D eigenvalue weighted by Crippen LogP contribution is 2.15. The molecule has 6 nitrogen and oxygen atoms in total. The predicted molar refractivity (Wildman–Crippen MR) is 75.0 cm³/mol. The predicted octanol–water partition coefficient (Wildman–Crippen LogP) is 1.30. The lowest BCUT2D eigenvalue weighted by Gasteiger charge is -2.09. The van der Waals surface area contributed by atoms with Gasteiger partial charge in [0, 0.05) is 18.4 Å². The topological polar surface area (TPSA) is 90.2 Å². The van der Waals surface area contributed by atoms with Crippen molar-refractivity contribution in [3.63, 3.8) is 0 Å². The molecule has 20 heavy (non-hydrogen) atoms. The van der Waals surface area contributed by atoms with Gasteiger partial charge in [0.25, 0.3) is 0 Å². The molecule has 0 bridgehead atoms. The fraction of sp³-hybridized carbons (Fsp3) is 0.286. The Bertz CT molecular complexity index is 685. The molecule has 2 aromatic rings. The number of nitrogens with two attached hydrogens (primary N) is 1. The second kappa shape index (κ2) is 5.34. The third-order valence-electron chi connectivity index (χ3n) is 3.13. The molecule has 106 valence electrons. The number of imidazole rings is 1. The normalized spacial score (nSPS) is 12.6. The van der Waals surface area contributed by atoms with Crippen LogP contribution in [0.4, 0.5) is 0 Å². The lowest BCUT2D eigenvalue weighted by atomic mass is 10.1. The van der Waals surface area contributed by atoms with E-state index in [4.69, 9.17) is 10.8 Å². The number of carbonyl (C=O) groups is 1. The summed E-state index contributed by atoms with van der Waals surface area (Å²) in [5, 5.41) is 8.93. The van der Waals surface area contributed by atoms with Gasteiger partial charge < -0.3 is 10.8 Å². The van der Waals surface area contributed by atoms with Crippen LogP contribution in [0.25, 0.3) is 5.69 Å². The lowest BCUT2D eigenvalue weighted by molar-refractivity contribution is -0.138. The molecule has 0 aliphatic rings. The molecule has 2 rings (SSSR count). The zero-order valence-electron chi connectivity index (χ0n) is 11.4. The third kappa shape index (κ3) is 2.50. The van der Waals surface area contributed by atoms with E-state index in [2.05, 4.69) is 0 Å². The molecular formula is C14H17N3O3. The van der Waals surface area contributed by atoms with Crippen LogP contribution < -0.4 is 11.4 Å². The number of rotatable bonds is 4. The van der Waals surface area contributed by atoms with Crippen molar-refractivity contribution in [2.75, 3.05) is 0 Å². The second-order valence-electron chi connectivity index (χ2n) is 4.86. The Morgan fingerprint density at radius 1 is 1.30 bits per heavy atom. The van der Waals surface area contributed by atoms with Gasteiger partial charge >= 0.3 is 11.7 Å². The molecule has 0 saturated heterocycles. The Balaban J connectivity index is 2.47. The van der Waals surface area contributed by atoms with E-state index >= 15 is 0 Å². The minimum absolute atomic E-state index is 0.0632. The molecule has 0 aliphatic carbocycles. The van der Waals surface area contributed by atoms with Crippen molar-refractivity contribution in [3.8, 4) is 5.69 Å². The van der Waals surface area contributed by atoms with E-state index in [1.165, 1.54) is 4.57 Å². The van der Waals surface area contributed by atoms with E-state index < -0.39 is 12.0 Å². The summed E-state index contributed by atoms with van der Waals surface area (Å²) in [6, 6.07) is 5.64. The minimum Gasteiger partial charge on any atom is -0.480 e. The molecule has 1 aromatic heterocycles. The van der Waals surface area contributed by atoms with Gasteiger partial charge in [-0.15, -0.1) is 0 Å². The van der Waals surface area contributed by atoms with Crippen LogP contribution in [0.5, 0.6) is 0 Å². The van der Waals surface area contributed by atoms with E-state index in [-0.39, 0.29) is 11.7 Å². The van der Waals surface area contributed by atoms with Gasteiger partial charge in [0.05, 0.1) is 5.69 Å².